The van der Waals surface area contributed by atoms with E-state index in [-0.39, 0.29) is 11.3 Å². The number of fused-ring (bicyclic) bond motifs is 2. The van der Waals surface area contributed by atoms with Gasteiger partial charge in [-0.15, -0.1) is 11.3 Å². The molecule has 0 radical (unpaired) electrons. The Morgan fingerprint density at radius 3 is 2.86 bits per heavy atom. The fourth-order valence-electron chi connectivity index (χ4n) is 4.41. The number of thiophene rings is 1. The minimum absolute atomic E-state index is 0.156. The number of carbonyl (C=O) groups is 1. The number of aromatic amines is 1. The molecular weight excluding hydrogens is 466 g/mol. The van der Waals surface area contributed by atoms with Gasteiger partial charge in [0.25, 0.3) is 11.6 Å². The Labute approximate surface area is 205 Å². The molecule has 0 atom stereocenters. The molecule has 2 aromatic carbocycles. The zero-order chi connectivity index (χ0) is 24.4. The number of imidazole rings is 1. The standard InChI is InChI=1S/C25H25N5O4S/c1-34-13-12-26-19-11-10-15(14-20(19)30(32)33)24(31)29-25-22(16-6-2-5-9-21(16)35-25)23-27-17-7-3-4-8-18(17)28-23/h3-4,7-8,10-11,14,26H,2,5-6,9,12-13H2,1H3,(H,27,28)(H,29,31). The number of hydrogen-bond donors (Lipinski definition) is 3. The van der Waals surface area contributed by atoms with Gasteiger partial charge in [-0.1, -0.05) is 12.1 Å². The first-order valence-corrected chi connectivity index (χ1v) is 12.3. The molecule has 0 spiro atoms. The third kappa shape index (κ3) is 4.62. The summed E-state index contributed by atoms with van der Waals surface area (Å²) in [6, 6.07) is 12.3. The van der Waals surface area contributed by atoms with Crippen molar-refractivity contribution in [2.75, 3.05) is 30.9 Å². The summed E-state index contributed by atoms with van der Waals surface area (Å²) in [5.74, 6) is 0.331. The number of methoxy groups -OCH3 is 1. The molecule has 3 N–H and O–H groups in total. The van der Waals surface area contributed by atoms with E-state index in [1.807, 2.05) is 24.3 Å². The summed E-state index contributed by atoms with van der Waals surface area (Å²) in [7, 11) is 1.56. The Kier molecular flexibility index (Phi) is 6.47. The second-order valence-corrected chi connectivity index (χ2v) is 9.49. The number of aromatic nitrogens is 2. The lowest BCUT2D eigenvalue weighted by Gasteiger charge is -2.12. The molecule has 2 heterocycles. The molecule has 0 saturated carbocycles. The summed E-state index contributed by atoms with van der Waals surface area (Å²) in [5, 5.41) is 18.4. The molecule has 9 nitrogen and oxygen atoms in total. The maximum absolute atomic E-state index is 13.2. The Morgan fingerprint density at radius 1 is 1.23 bits per heavy atom. The largest absolute Gasteiger partial charge is 0.383 e. The average molecular weight is 492 g/mol. The molecule has 0 fully saturated rings. The first-order valence-electron chi connectivity index (χ1n) is 11.5. The number of rotatable bonds is 8. The van der Waals surface area contributed by atoms with Gasteiger partial charge in [-0.2, -0.15) is 0 Å². The second-order valence-electron chi connectivity index (χ2n) is 8.38. The number of nitro groups is 1. The van der Waals surface area contributed by atoms with E-state index in [0.717, 1.165) is 48.1 Å². The van der Waals surface area contributed by atoms with Crippen molar-refractivity contribution in [2.24, 2.45) is 0 Å². The van der Waals surface area contributed by atoms with Crippen LogP contribution in [0.25, 0.3) is 22.4 Å². The molecule has 0 bridgehead atoms. The summed E-state index contributed by atoms with van der Waals surface area (Å²) in [5.41, 5.74) is 4.34. The number of nitrogens with zero attached hydrogens (tertiary/aromatic N) is 2. The highest BCUT2D eigenvalue weighted by atomic mass is 32.1. The van der Waals surface area contributed by atoms with E-state index < -0.39 is 10.8 Å². The van der Waals surface area contributed by atoms with Gasteiger partial charge >= 0.3 is 0 Å². The highest BCUT2D eigenvalue weighted by molar-refractivity contribution is 7.17. The van der Waals surface area contributed by atoms with Gasteiger partial charge in [-0.3, -0.25) is 14.9 Å². The zero-order valence-corrected chi connectivity index (χ0v) is 20.0. The molecule has 0 saturated heterocycles. The number of ether oxygens (including phenoxy) is 1. The summed E-state index contributed by atoms with van der Waals surface area (Å²) in [6.45, 7) is 0.831. The summed E-state index contributed by atoms with van der Waals surface area (Å²) in [6.07, 6.45) is 4.11. The van der Waals surface area contributed by atoms with Crippen molar-refractivity contribution in [1.82, 2.24) is 9.97 Å². The lowest BCUT2D eigenvalue weighted by molar-refractivity contribution is -0.384. The summed E-state index contributed by atoms with van der Waals surface area (Å²) < 4.78 is 4.99. The van der Waals surface area contributed by atoms with Gasteiger partial charge in [-0.25, -0.2) is 4.98 Å². The monoisotopic (exact) mass is 491 g/mol. The minimum atomic E-state index is -0.490. The molecule has 35 heavy (non-hydrogen) atoms. The zero-order valence-electron chi connectivity index (χ0n) is 19.2. The second kappa shape index (κ2) is 9.85. The van der Waals surface area contributed by atoms with Crippen LogP contribution in [0.2, 0.25) is 0 Å². The van der Waals surface area contributed by atoms with Crippen molar-refractivity contribution in [1.29, 1.82) is 0 Å². The van der Waals surface area contributed by atoms with Gasteiger partial charge in [0.1, 0.15) is 16.5 Å². The number of nitrogens with one attached hydrogen (secondary N) is 3. The van der Waals surface area contributed by atoms with Crippen LogP contribution < -0.4 is 10.6 Å². The van der Waals surface area contributed by atoms with Crippen molar-refractivity contribution in [3.05, 3.63) is 68.6 Å². The Bertz CT molecular complexity index is 1380. The molecular formula is C25H25N5O4S. The number of hydrogen-bond acceptors (Lipinski definition) is 7. The number of H-pyrrole nitrogens is 1. The Balaban J connectivity index is 1.48. The van der Waals surface area contributed by atoms with Gasteiger partial charge in [-0.05, 0) is 55.5 Å². The van der Waals surface area contributed by atoms with Crippen LogP contribution in [0, 0.1) is 10.1 Å². The Hall–Kier alpha value is -3.76. The lowest BCUT2D eigenvalue weighted by Crippen LogP contribution is -2.13. The van der Waals surface area contributed by atoms with Crippen molar-refractivity contribution < 1.29 is 14.5 Å². The van der Waals surface area contributed by atoms with Crippen LogP contribution in [0.1, 0.15) is 33.6 Å². The lowest BCUT2D eigenvalue weighted by atomic mass is 9.95. The quantitative estimate of drug-likeness (QED) is 0.173. The van der Waals surface area contributed by atoms with Gasteiger partial charge in [0.15, 0.2) is 0 Å². The van der Waals surface area contributed by atoms with Crippen LogP contribution >= 0.6 is 11.3 Å². The molecule has 2 aromatic heterocycles. The predicted octanol–water partition coefficient (Wildman–Crippen LogP) is 5.39. The molecule has 10 heteroatoms. The van der Waals surface area contributed by atoms with Crippen molar-refractivity contribution in [2.45, 2.75) is 25.7 Å². The number of para-hydroxylation sites is 2. The minimum Gasteiger partial charge on any atom is -0.383 e. The topological polar surface area (TPSA) is 122 Å². The van der Waals surface area contributed by atoms with Crippen LogP contribution in [-0.4, -0.2) is 41.1 Å². The molecule has 1 aliphatic rings. The van der Waals surface area contributed by atoms with E-state index in [2.05, 4.69) is 15.6 Å². The number of benzene rings is 2. The van der Waals surface area contributed by atoms with Crippen LogP contribution in [-0.2, 0) is 17.6 Å². The van der Waals surface area contributed by atoms with Crippen molar-refractivity contribution in [3.8, 4) is 11.4 Å². The molecule has 4 aromatic rings. The SMILES string of the molecule is COCCNc1ccc(C(=O)Nc2sc3c(c2-c2nc4ccccc4[nH]2)CCCC3)cc1[N+](=O)[O-]. The number of amides is 1. The summed E-state index contributed by atoms with van der Waals surface area (Å²) >= 11 is 1.56. The van der Waals surface area contributed by atoms with E-state index in [9.17, 15) is 14.9 Å². The maximum Gasteiger partial charge on any atom is 0.293 e. The van der Waals surface area contributed by atoms with Crippen molar-refractivity contribution >= 4 is 44.7 Å². The van der Waals surface area contributed by atoms with E-state index in [1.54, 1.807) is 30.6 Å². The smallest absolute Gasteiger partial charge is 0.293 e. The van der Waals surface area contributed by atoms with E-state index in [1.165, 1.54) is 16.5 Å². The predicted molar refractivity (Wildman–Crippen MR) is 137 cm³/mol. The van der Waals surface area contributed by atoms with E-state index in [4.69, 9.17) is 9.72 Å². The van der Waals surface area contributed by atoms with E-state index >= 15 is 0 Å². The fraction of sp³-hybridized carbons (Fsp3) is 0.280. The third-order valence-electron chi connectivity index (χ3n) is 6.10. The van der Waals surface area contributed by atoms with E-state index in [0.29, 0.717) is 23.8 Å². The highest BCUT2D eigenvalue weighted by Crippen LogP contribution is 2.44. The number of nitro benzene ring substituents is 1. The highest BCUT2D eigenvalue weighted by Gasteiger charge is 2.26. The molecule has 0 unspecified atom stereocenters. The maximum atomic E-state index is 13.2. The van der Waals surface area contributed by atoms with Gasteiger partial charge in [0.2, 0.25) is 0 Å². The first-order chi connectivity index (χ1) is 17.0. The summed E-state index contributed by atoms with van der Waals surface area (Å²) in [4.78, 5) is 33.8. The molecule has 1 amide bonds. The number of anilines is 2. The van der Waals surface area contributed by atoms with Crippen molar-refractivity contribution in [3.63, 3.8) is 0 Å². The molecule has 5 rings (SSSR count). The molecule has 1 aliphatic carbocycles. The third-order valence-corrected chi connectivity index (χ3v) is 7.31. The first kappa shape index (κ1) is 23.0. The van der Waals surface area contributed by atoms with Crippen LogP contribution in [0.5, 0.6) is 0 Å². The molecule has 0 aliphatic heterocycles. The normalized spacial score (nSPS) is 12.9. The van der Waals surface area contributed by atoms with Gasteiger partial charge < -0.3 is 20.4 Å². The average Bonchev–Trinajstić information content (AvgIpc) is 3.44. The van der Waals surface area contributed by atoms with Gasteiger partial charge in [0.05, 0.1) is 28.1 Å². The van der Waals surface area contributed by atoms with Crippen LogP contribution in [0.15, 0.2) is 42.5 Å². The number of carbonyl (C=O) groups excluding carboxylic acids is 1. The molecule has 180 valence electrons. The fourth-order valence-corrected chi connectivity index (χ4v) is 5.70. The van der Waals surface area contributed by atoms with Crippen LogP contribution in [0.4, 0.5) is 16.4 Å². The van der Waals surface area contributed by atoms with Crippen LogP contribution in [0.3, 0.4) is 0 Å². The Morgan fingerprint density at radius 2 is 2.06 bits per heavy atom. The number of aryl methyl sites for hydroxylation is 1. The van der Waals surface area contributed by atoms with Gasteiger partial charge in [0, 0.05) is 30.2 Å².